The van der Waals surface area contributed by atoms with Crippen LogP contribution < -0.4 is 16.6 Å². The molecular formula is C27H30ClF3N4O4S. The lowest BCUT2D eigenvalue weighted by molar-refractivity contribution is -0.138. The third-order valence-corrected chi connectivity index (χ3v) is 9.36. The second-order valence-electron chi connectivity index (χ2n) is 9.78. The molecule has 1 atom stereocenters. The first-order valence-corrected chi connectivity index (χ1v) is 14.8. The molecule has 3 aromatic rings. The molecule has 0 bridgehead atoms. The molecule has 13 heteroatoms. The molecule has 1 aliphatic heterocycles. The maximum atomic E-state index is 14.4. The fourth-order valence-electron chi connectivity index (χ4n) is 5.21. The summed E-state index contributed by atoms with van der Waals surface area (Å²) in [6, 6.07) is 4.86. The second-order valence-corrected chi connectivity index (χ2v) is 12.5. The van der Waals surface area contributed by atoms with Crippen molar-refractivity contribution in [1.82, 2.24) is 19.8 Å². The van der Waals surface area contributed by atoms with E-state index in [2.05, 4.69) is 16.9 Å². The lowest BCUT2D eigenvalue weighted by atomic mass is 9.95. The Morgan fingerprint density at radius 1 is 1.23 bits per heavy atom. The summed E-state index contributed by atoms with van der Waals surface area (Å²) < 4.78 is 69.1. The first-order valence-electron chi connectivity index (χ1n) is 12.7. The number of rotatable bonds is 8. The van der Waals surface area contributed by atoms with E-state index in [0.717, 1.165) is 18.9 Å². The number of fused-ring (bicyclic) bond motifs is 1. The number of aromatic nitrogens is 2. The average Bonchev–Trinajstić information content (AvgIpc) is 2.90. The zero-order valence-electron chi connectivity index (χ0n) is 22.1. The van der Waals surface area contributed by atoms with Crippen molar-refractivity contribution in [2.75, 3.05) is 25.9 Å². The van der Waals surface area contributed by atoms with Gasteiger partial charge in [-0.25, -0.2) is 13.2 Å². The smallest absolute Gasteiger partial charge is 0.316 e. The van der Waals surface area contributed by atoms with Crippen LogP contribution in [-0.2, 0) is 29.1 Å². The van der Waals surface area contributed by atoms with E-state index < -0.39 is 39.4 Å². The minimum Gasteiger partial charge on any atom is -0.316 e. The molecule has 1 aromatic heterocycles. The lowest BCUT2D eigenvalue weighted by Gasteiger charge is -2.33. The number of H-pyrrole nitrogens is 1. The van der Waals surface area contributed by atoms with E-state index in [4.69, 9.17) is 11.6 Å². The highest BCUT2D eigenvalue weighted by molar-refractivity contribution is 7.91. The number of likely N-dealkylation sites (tertiary alicyclic amines) is 1. The van der Waals surface area contributed by atoms with Gasteiger partial charge in [0.15, 0.2) is 9.84 Å². The Bertz CT molecular complexity index is 1680. The first kappa shape index (κ1) is 30.0. The highest BCUT2D eigenvalue weighted by Crippen LogP contribution is 2.37. The highest BCUT2D eigenvalue weighted by Gasteiger charge is 2.36. The molecule has 0 spiro atoms. The summed E-state index contributed by atoms with van der Waals surface area (Å²) >= 11 is 6.07. The molecule has 216 valence electrons. The zero-order valence-corrected chi connectivity index (χ0v) is 23.6. The van der Waals surface area contributed by atoms with Gasteiger partial charge < -0.3 is 10.3 Å². The maximum absolute atomic E-state index is 14.4. The largest absolute Gasteiger partial charge is 0.416 e. The van der Waals surface area contributed by atoms with Crippen LogP contribution in [0.25, 0.3) is 17.0 Å². The van der Waals surface area contributed by atoms with Crippen LogP contribution >= 0.6 is 11.6 Å². The van der Waals surface area contributed by atoms with Crippen LogP contribution in [0.3, 0.4) is 0 Å². The standard InChI is InChI=1S/C27H30ClF3N4O4S/c1-4-19-21(15-34-10-6-7-18(14-34)32-3)22(27(29,30)31)12-20-24(19)33-26(37)35(25(20)36)13-16-11-17(28)8-9-23(16)40(38,39)5-2/h4,8-9,11-12,18,32H,1,5-7,10,13-15H2,2-3H3,(H,33,37)/t18-/m0/s1. The maximum Gasteiger partial charge on any atom is 0.416 e. The third-order valence-electron chi connectivity index (χ3n) is 7.30. The molecule has 0 unspecified atom stereocenters. The molecule has 0 aliphatic carbocycles. The van der Waals surface area contributed by atoms with E-state index in [1.807, 2.05) is 4.90 Å². The van der Waals surface area contributed by atoms with Crippen molar-refractivity contribution >= 4 is 38.4 Å². The number of aromatic amines is 1. The number of piperidine rings is 1. The van der Waals surface area contributed by atoms with E-state index in [1.165, 1.54) is 31.2 Å². The number of alkyl halides is 3. The van der Waals surface area contributed by atoms with Crippen molar-refractivity contribution in [3.05, 3.63) is 79.0 Å². The summed E-state index contributed by atoms with van der Waals surface area (Å²) in [5.41, 5.74) is -2.93. The number of nitrogens with zero attached hydrogens (tertiary/aromatic N) is 2. The first-order chi connectivity index (χ1) is 18.8. The van der Waals surface area contributed by atoms with Gasteiger partial charge in [-0.05, 0) is 61.8 Å². The summed E-state index contributed by atoms with van der Waals surface area (Å²) in [7, 11) is -1.95. The molecule has 8 nitrogen and oxygen atoms in total. The van der Waals surface area contributed by atoms with Gasteiger partial charge in [-0.1, -0.05) is 31.2 Å². The Kier molecular flexibility index (Phi) is 8.65. The Balaban J connectivity index is 1.92. The van der Waals surface area contributed by atoms with Crippen molar-refractivity contribution in [3.8, 4) is 0 Å². The Labute approximate surface area is 234 Å². The molecule has 0 amide bonds. The summed E-state index contributed by atoms with van der Waals surface area (Å²) in [5.74, 6) is -0.239. The summed E-state index contributed by atoms with van der Waals surface area (Å²) in [6.45, 7) is 5.72. The molecule has 40 heavy (non-hydrogen) atoms. The predicted molar refractivity (Wildman–Crippen MR) is 150 cm³/mol. The molecule has 2 aromatic carbocycles. The van der Waals surface area contributed by atoms with Crippen molar-refractivity contribution in [3.63, 3.8) is 0 Å². The number of nitrogens with one attached hydrogen (secondary N) is 2. The van der Waals surface area contributed by atoms with Crippen LogP contribution in [0.1, 0.15) is 42.0 Å². The van der Waals surface area contributed by atoms with Crippen molar-refractivity contribution < 1.29 is 21.6 Å². The van der Waals surface area contributed by atoms with E-state index in [-0.39, 0.29) is 55.9 Å². The Hall–Kier alpha value is -2.93. The zero-order chi connectivity index (χ0) is 29.4. The van der Waals surface area contributed by atoms with Crippen molar-refractivity contribution in [2.45, 2.75) is 50.0 Å². The van der Waals surface area contributed by atoms with Gasteiger partial charge >= 0.3 is 11.9 Å². The Morgan fingerprint density at radius 2 is 1.95 bits per heavy atom. The molecule has 1 fully saturated rings. The number of hydrogen-bond acceptors (Lipinski definition) is 6. The van der Waals surface area contributed by atoms with Gasteiger partial charge in [0.05, 0.1) is 33.7 Å². The molecule has 2 heterocycles. The van der Waals surface area contributed by atoms with Crippen LogP contribution in [0, 0.1) is 0 Å². The van der Waals surface area contributed by atoms with Crippen molar-refractivity contribution in [1.29, 1.82) is 0 Å². The third kappa shape index (κ3) is 5.90. The Morgan fingerprint density at radius 3 is 2.58 bits per heavy atom. The number of halogens is 4. The molecule has 0 radical (unpaired) electrons. The van der Waals surface area contributed by atoms with E-state index >= 15 is 0 Å². The van der Waals surface area contributed by atoms with Gasteiger partial charge in [-0.3, -0.25) is 14.3 Å². The van der Waals surface area contributed by atoms with Gasteiger partial charge in [0.2, 0.25) is 0 Å². The fourth-order valence-corrected chi connectivity index (χ4v) is 6.52. The minimum absolute atomic E-state index is 0.0229. The van der Waals surface area contributed by atoms with Crippen LogP contribution in [0.5, 0.6) is 0 Å². The van der Waals surface area contributed by atoms with Crippen molar-refractivity contribution in [2.24, 2.45) is 0 Å². The minimum atomic E-state index is -4.79. The molecule has 1 saturated heterocycles. The van der Waals surface area contributed by atoms with Gasteiger partial charge in [0, 0.05) is 29.7 Å². The van der Waals surface area contributed by atoms with Crippen LogP contribution in [-0.4, -0.2) is 54.8 Å². The van der Waals surface area contributed by atoms with E-state index in [9.17, 15) is 31.2 Å². The number of hydrogen-bond donors (Lipinski definition) is 2. The lowest BCUT2D eigenvalue weighted by Crippen LogP contribution is -2.44. The number of sulfone groups is 1. The molecular weight excluding hydrogens is 569 g/mol. The number of likely N-dealkylation sites (N-methyl/N-ethyl adjacent to an activating group) is 1. The van der Waals surface area contributed by atoms with Crippen LogP contribution in [0.4, 0.5) is 13.2 Å². The van der Waals surface area contributed by atoms with Gasteiger partial charge in [0.25, 0.3) is 5.56 Å². The monoisotopic (exact) mass is 598 g/mol. The topological polar surface area (TPSA) is 104 Å². The molecule has 4 rings (SSSR count). The highest BCUT2D eigenvalue weighted by atomic mass is 35.5. The average molecular weight is 599 g/mol. The van der Waals surface area contributed by atoms with E-state index in [0.29, 0.717) is 17.7 Å². The quantitative estimate of drug-likeness (QED) is 0.406. The van der Waals surface area contributed by atoms with Crippen LogP contribution in [0.15, 0.2) is 45.3 Å². The molecule has 1 aliphatic rings. The predicted octanol–water partition coefficient (Wildman–Crippen LogP) is 4.03. The number of benzene rings is 2. The fraction of sp³-hybridized carbons (Fsp3) is 0.407. The normalized spacial score (nSPS) is 16.9. The second kappa shape index (κ2) is 11.5. The summed E-state index contributed by atoms with van der Waals surface area (Å²) in [4.78, 5) is 31.0. The molecule has 2 N–H and O–H groups in total. The van der Waals surface area contributed by atoms with Gasteiger partial charge in [-0.2, -0.15) is 13.2 Å². The van der Waals surface area contributed by atoms with Gasteiger partial charge in [0.1, 0.15) is 0 Å². The summed E-state index contributed by atoms with van der Waals surface area (Å²) in [5, 5.41) is 2.97. The van der Waals surface area contributed by atoms with Gasteiger partial charge in [-0.15, -0.1) is 0 Å². The molecule has 0 saturated carbocycles. The SMILES string of the molecule is C=Cc1c(CN2CCC[C@H](NC)C2)c(C(F)(F)F)cc2c(=O)n(Cc3cc(Cl)ccc3S(=O)(=O)CC)c(=O)[nH]c12. The van der Waals surface area contributed by atoms with E-state index in [1.54, 1.807) is 7.05 Å². The van der Waals surface area contributed by atoms with Crippen LogP contribution in [0.2, 0.25) is 5.02 Å². The summed E-state index contributed by atoms with van der Waals surface area (Å²) in [6.07, 6.45) is -1.85.